The van der Waals surface area contributed by atoms with Gasteiger partial charge < -0.3 is 19.2 Å². The van der Waals surface area contributed by atoms with E-state index in [2.05, 4.69) is 98.9 Å². The summed E-state index contributed by atoms with van der Waals surface area (Å²) >= 11 is 0. The van der Waals surface area contributed by atoms with Gasteiger partial charge in [-0.1, -0.05) is 160 Å². The summed E-state index contributed by atoms with van der Waals surface area (Å²) in [4.78, 5) is 26.8. The molecule has 1 N–H and O–H groups in total. The number of rotatable bonds is 13. The lowest BCUT2D eigenvalue weighted by atomic mass is 9.98. The van der Waals surface area contributed by atoms with Crippen LogP contribution in [0.15, 0.2) is 140 Å². The van der Waals surface area contributed by atoms with Crippen LogP contribution in [0.3, 0.4) is 0 Å². The molecule has 1 aliphatic rings. The zero-order valence-corrected chi connectivity index (χ0v) is 30.0. The quantitative estimate of drug-likeness (QED) is 0.0774. The highest BCUT2D eigenvalue weighted by molar-refractivity contribution is 6.99. The first-order valence-electron chi connectivity index (χ1n) is 17.3. The van der Waals surface area contributed by atoms with Crippen LogP contribution >= 0.6 is 0 Å². The van der Waals surface area contributed by atoms with E-state index in [1.54, 1.807) is 0 Å². The third-order valence-corrected chi connectivity index (χ3v) is 14.6. The predicted octanol–water partition coefficient (Wildman–Crippen LogP) is 7.99. The Morgan fingerprint density at radius 1 is 0.680 bits per heavy atom. The van der Waals surface area contributed by atoms with E-state index in [1.807, 2.05) is 66.7 Å². The Morgan fingerprint density at radius 2 is 1.18 bits per heavy atom. The van der Waals surface area contributed by atoms with Crippen molar-refractivity contribution in [2.24, 2.45) is 0 Å². The Balaban J connectivity index is 1.16. The Morgan fingerprint density at radius 3 is 1.72 bits per heavy atom. The van der Waals surface area contributed by atoms with E-state index in [0.717, 1.165) is 27.8 Å². The van der Waals surface area contributed by atoms with Crippen LogP contribution in [0.2, 0.25) is 5.04 Å². The van der Waals surface area contributed by atoms with Crippen molar-refractivity contribution in [1.29, 1.82) is 0 Å². The van der Waals surface area contributed by atoms with Crippen molar-refractivity contribution in [2.75, 3.05) is 13.2 Å². The summed E-state index contributed by atoms with van der Waals surface area (Å²) in [6.07, 6.45) is 0.205. The molecule has 1 amide bonds. The monoisotopic (exact) mass is 683 g/mol. The van der Waals surface area contributed by atoms with Crippen molar-refractivity contribution in [1.82, 2.24) is 5.32 Å². The van der Waals surface area contributed by atoms with Gasteiger partial charge in [-0.2, -0.15) is 10.4 Å². The zero-order chi connectivity index (χ0) is 35.0. The van der Waals surface area contributed by atoms with Gasteiger partial charge in [0.15, 0.2) is 0 Å². The van der Waals surface area contributed by atoms with Gasteiger partial charge in [-0.3, -0.25) is 0 Å². The van der Waals surface area contributed by atoms with Crippen LogP contribution in [0, 0.1) is 0 Å². The standard InChI is InChI=1S/C43H45NO5Si/c1-43(2,3)50(33-20-9-5-10-21-33,34-22-11-6-12-23-34)49-29-17-28-40(41(45)47-30-32-18-7-4-8-19-32)44-42(46)48-31-39-37-26-15-13-24-35(37)36-25-14-16-27-38(36)39/h4-16,18-27,39-40H,17,28-31H2,1-3H3,(H,44,46)/q-1/t40-/m0/s1. The first-order valence-corrected chi connectivity index (χ1v) is 19.3. The number of ether oxygens (including phenoxy) is 2. The lowest BCUT2D eigenvalue weighted by Gasteiger charge is -2.55. The molecular formula is C43H45NO5Si-. The van der Waals surface area contributed by atoms with Gasteiger partial charge in [0.05, 0.1) is 8.32 Å². The zero-order valence-electron chi connectivity index (χ0n) is 29.0. The number of carbonyl (C=O) groups is 2. The molecule has 7 heteroatoms. The van der Waals surface area contributed by atoms with Gasteiger partial charge in [-0.05, 0) is 40.7 Å². The molecule has 0 aliphatic heterocycles. The van der Waals surface area contributed by atoms with Crippen molar-refractivity contribution in [3.63, 3.8) is 0 Å². The second-order valence-electron chi connectivity index (χ2n) is 13.8. The summed E-state index contributed by atoms with van der Waals surface area (Å²) in [5, 5.41) is 5.04. The van der Waals surface area contributed by atoms with Gasteiger partial charge in [0, 0.05) is 12.5 Å². The molecule has 0 saturated heterocycles. The van der Waals surface area contributed by atoms with Gasteiger partial charge in [0.25, 0.3) is 0 Å². The molecule has 6 nitrogen and oxygen atoms in total. The number of benzene rings is 5. The van der Waals surface area contributed by atoms with Crippen LogP contribution in [-0.2, 0) is 25.3 Å². The molecule has 1 atom stereocenters. The van der Waals surface area contributed by atoms with Gasteiger partial charge in [-0.25, -0.2) is 9.59 Å². The third kappa shape index (κ3) is 7.59. The molecule has 0 spiro atoms. The Bertz CT molecular complexity index is 1790. The largest absolute Gasteiger partial charge is 0.558 e. The molecule has 257 valence electrons. The SMILES string of the molecule is CC(C)(C)[Si-](OCCC[C@H](NC(=O)OCC1c2ccccc2-c2ccccc21)C(=O)OCc1ccccc1)(c1ccccc1)c1ccccc1. The maximum absolute atomic E-state index is 13.5. The molecule has 0 heterocycles. The lowest BCUT2D eigenvalue weighted by Crippen LogP contribution is -2.66. The second-order valence-corrected chi connectivity index (χ2v) is 18.1. The smallest absolute Gasteiger partial charge is 0.407 e. The fourth-order valence-corrected chi connectivity index (χ4v) is 11.7. The number of hydrogen-bond acceptors (Lipinski definition) is 5. The maximum Gasteiger partial charge on any atom is 0.407 e. The van der Waals surface area contributed by atoms with E-state index in [-0.39, 0.29) is 24.2 Å². The third-order valence-electron chi connectivity index (χ3n) is 9.52. The molecule has 0 aromatic heterocycles. The highest BCUT2D eigenvalue weighted by Gasteiger charge is 2.37. The van der Waals surface area contributed by atoms with Crippen LogP contribution in [0.1, 0.15) is 56.2 Å². The summed E-state index contributed by atoms with van der Waals surface area (Å²) in [6.45, 7) is 7.39. The highest BCUT2D eigenvalue weighted by atomic mass is 28.4. The molecule has 0 fully saturated rings. The minimum Gasteiger partial charge on any atom is -0.558 e. The molecule has 0 bridgehead atoms. The second kappa shape index (κ2) is 15.7. The van der Waals surface area contributed by atoms with E-state index in [4.69, 9.17) is 13.9 Å². The van der Waals surface area contributed by atoms with E-state index in [0.29, 0.717) is 19.4 Å². The van der Waals surface area contributed by atoms with Crippen LogP contribution in [0.4, 0.5) is 4.79 Å². The average Bonchev–Trinajstić information content (AvgIpc) is 3.46. The van der Waals surface area contributed by atoms with Crippen molar-refractivity contribution >= 4 is 30.8 Å². The van der Waals surface area contributed by atoms with Crippen LogP contribution in [0.5, 0.6) is 0 Å². The minimum absolute atomic E-state index is 0.0866. The fraction of sp³-hybridized carbons (Fsp3) is 0.256. The Hall–Kier alpha value is -4.98. The molecular weight excluding hydrogens is 639 g/mol. The lowest BCUT2D eigenvalue weighted by molar-refractivity contribution is -0.147. The highest BCUT2D eigenvalue weighted by Crippen LogP contribution is 2.44. The van der Waals surface area contributed by atoms with Gasteiger partial charge in [0.1, 0.15) is 19.3 Å². The number of amides is 1. The summed E-state index contributed by atoms with van der Waals surface area (Å²) in [5.74, 6) is -0.593. The van der Waals surface area contributed by atoms with E-state index >= 15 is 0 Å². The molecule has 0 unspecified atom stereocenters. The summed E-state index contributed by atoms with van der Waals surface area (Å²) in [5.41, 5.74) is 5.43. The van der Waals surface area contributed by atoms with Crippen molar-refractivity contribution in [3.05, 3.63) is 156 Å². The summed E-state index contributed by atoms with van der Waals surface area (Å²) < 4.78 is 18.6. The van der Waals surface area contributed by atoms with Crippen LogP contribution in [-0.4, -0.2) is 39.6 Å². The molecule has 6 rings (SSSR count). The summed E-state index contributed by atoms with van der Waals surface area (Å²) in [7, 11) is -2.75. The number of carbonyl (C=O) groups excluding carboxylic acids is 2. The minimum atomic E-state index is -2.75. The van der Waals surface area contributed by atoms with Crippen molar-refractivity contribution in [2.45, 2.75) is 57.2 Å². The maximum atomic E-state index is 13.5. The molecule has 50 heavy (non-hydrogen) atoms. The van der Waals surface area contributed by atoms with E-state index < -0.39 is 26.4 Å². The summed E-state index contributed by atoms with van der Waals surface area (Å²) in [6, 6.07) is 46.0. The normalized spacial score (nSPS) is 13.2. The number of esters is 1. The first-order chi connectivity index (χ1) is 24.3. The topological polar surface area (TPSA) is 73.9 Å². The Labute approximate surface area is 296 Å². The number of hydrogen-bond donors (Lipinski definition) is 1. The predicted molar refractivity (Wildman–Crippen MR) is 201 cm³/mol. The molecule has 0 saturated carbocycles. The number of nitrogens with one attached hydrogen (secondary N) is 1. The van der Waals surface area contributed by atoms with Gasteiger partial charge in [0.2, 0.25) is 0 Å². The van der Waals surface area contributed by atoms with Crippen LogP contribution < -0.4 is 15.7 Å². The van der Waals surface area contributed by atoms with Gasteiger partial charge in [-0.15, -0.1) is 5.04 Å². The average molecular weight is 684 g/mol. The Kier molecular flexibility index (Phi) is 11.0. The number of fused-ring (bicyclic) bond motifs is 3. The van der Waals surface area contributed by atoms with E-state index in [9.17, 15) is 9.59 Å². The van der Waals surface area contributed by atoms with Crippen molar-refractivity contribution in [3.8, 4) is 11.1 Å². The fourth-order valence-electron chi connectivity index (χ4n) is 7.13. The molecule has 1 aliphatic carbocycles. The molecule has 5 aromatic carbocycles. The molecule has 5 aromatic rings. The van der Waals surface area contributed by atoms with Crippen LogP contribution in [0.25, 0.3) is 11.1 Å². The van der Waals surface area contributed by atoms with Crippen molar-refractivity contribution < 1.29 is 23.5 Å². The van der Waals surface area contributed by atoms with Gasteiger partial charge >= 0.3 is 12.1 Å². The molecule has 0 radical (unpaired) electrons. The van der Waals surface area contributed by atoms with E-state index in [1.165, 1.54) is 10.4 Å². The first kappa shape index (κ1) is 34.9. The number of alkyl carbamates (subject to hydrolysis) is 1.